The third kappa shape index (κ3) is 4.07. The molecule has 0 saturated heterocycles. The monoisotopic (exact) mass is 437 g/mol. The van der Waals surface area contributed by atoms with Gasteiger partial charge in [-0.3, -0.25) is 14.2 Å². The predicted octanol–water partition coefficient (Wildman–Crippen LogP) is 3.34. The number of amides is 1. The number of anilines is 1. The molecule has 0 fully saturated rings. The van der Waals surface area contributed by atoms with Crippen molar-refractivity contribution in [3.63, 3.8) is 0 Å². The zero-order chi connectivity index (χ0) is 21.1. The van der Waals surface area contributed by atoms with Gasteiger partial charge < -0.3 is 19.5 Å². The molecule has 3 rings (SSSR count). The van der Waals surface area contributed by atoms with E-state index in [0.717, 1.165) is 11.3 Å². The van der Waals surface area contributed by atoms with Crippen LogP contribution in [0.5, 0.6) is 11.5 Å². The van der Waals surface area contributed by atoms with Gasteiger partial charge in [0, 0.05) is 13.2 Å². The van der Waals surface area contributed by atoms with Crippen LogP contribution in [0.25, 0.3) is 10.2 Å². The standard InChI is InChI=1S/C19H20ClN3O5S/c1-10-15-18(21-9-23(19(15)25)5-6-26-2)29-16(10)17(24)22-12-7-11(20)13(27-3)8-14(12)28-4/h7-9H,5-6H2,1-4H3,(H,22,24). The van der Waals surface area contributed by atoms with Crippen molar-refractivity contribution >= 4 is 44.7 Å². The van der Waals surface area contributed by atoms with E-state index in [9.17, 15) is 9.59 Å². The molecule has 2 aromatic heterocycles. The van der Waals surface area contributed by atoms with Crippen molar-refractivity contribution in [2.45, 2.75) is 13.5 Å². The Bertz CT molecular complexity index is 1130. The average molecular weight is 438 g/mol. The van der Waals surface area contributed by atoms with Crippen molar-refractivity contribution < 1.29 is 19.0 Å². The first kappa shape index (κ1) is 21.1. The smallest absolute Gasteiger partial charge is 0.266 e. The fourth-order valence-corrected chi connectivity index (χ4v) is 4.14. The SMILES string of the molecule is COCCn1cnc2sc(C(=O)Nc3cc(Cl)c(OC)cc3OC)c(C)c2c1=O. The molecule has 1 amide bonds. The number of hydrogen-bond acceptors (Lipinski definition) is 7. The topological polar surface area (TPSA) is 91.7 Å². The summed E-state index contributed by atoms with van der Waals surface area (Å²) in [4.78, 5) is 30.9. The van der Waals surface area contributed by atoms with Gasteiger partial charge in [0.1, 0.15) is 16.3 Å². The van der Waals surface area contributed by atoms with Crippen LogP contribution in [-0.4, -0.2) is 43.4 Å². The van der Waals surface area contributed by atoms with Crippen LogP contribution in [-0.2, 0) is 11.3 Å². The van der Waals surface area contributed by atoms with Gasteiger partial charge in [0.05, 0.1) is 54.7 Å². The number of hydrogen-bond donors (Lipinski definition) is 1. The Balaban J connectivity index is 1.98. The van der Waals surface area contributed by atoms with Gasteiger partial charge in [-0.05, 0) is 18.6 Å². The molecule has 8 nitrogen and oxygen atoms in total. The first-order valence-electron chi connectivity index (χ1n) is 8.61. The van der Waals surface area contributed by atoms with Crippen LogP contribution in [0.3, 0.4) is 0 Å². The second-order valence-electron chi connectivity index (χ2n) is 6.11. The molecule has 3 aromatic rings. The van der Waals surface area contributed by atoms with Gasteiger partial charge in [0.2, 0.25) is 0 Å². The molecule has 0 atom stereocenters. The van der Waals surface area contributed by atoms with Crippen molar-refractivity contribution in [2.75, 3.05) is 33.3 Å². The van der Waals surface area contributed by atoms with Crippen LogP contribution in [0, 0.1) is 6.92 Å². The van der Waals surface area contributed by atoms with Gasteiger partial charge in [-0.15, -0.1) is 11.3 Å². The highest BCUT2D eigenvalue weighted by molar-refractivity contribution is 7.20. The number of aryl methyl sites for hydroxylation is 1. The zero-order valence-electron chi connectivity index (χ0n) is 16.4. The maximum atomic E-state index is 12.9. The van der Waals surface area contributed by atoms with E-state index in [1.165, 1.54) is 25.1 Å². The van der Waals surface area contributed by atoms with E-state index in [4.69, 9.17) is 25.8 Å². The van der Waals surface area contributed by atoms with Gasteiger partial charge in [-0.1, -0.05) is 11.6 Å². The number of nitrogens with one attached hydrogen (secondary N) is 1. The molecular weight excluding hydrogens is 418 g/mol. The van der Waals surface area contributed by atoms with Crippen molar-refractivity contribution in [1.29, 1.82) is 0 Å². The summed E-state index contributed by atoms with van der Waals surface area (Å²) in [6.07, 6.45) is 1.47. The Morgan fingerprint density at radius 1 is 1.24 bits per heavy atom. The zero-order valence-corrected chi connectivity index (χ0v) is 17.9. The molecule has 0 saturated carbocycles. The Kier molecular flexibility index (Phi) is 6.41. The highest BCUT2D eigenvalue weighted by Crippen LogP contribution is 2.36. The number of nitrogens with zero attached hydrogens (tertiary/aromatic N) is 2. The molecule has 0 unspecified atom stereocenters. The normalized spacial score (nSPS) is 10.9. The van der Waals surface area contributed by atoms with Gasteiger partial charge in [0.15, 0.2) is 0 Å². The molecule has 0 bridgehead atoms. The highest BCUT2D eigenvalue weighted by atomic mass is 35.5. The van der Waals surface area contributed by atoms with E-state index in [-0.39, 0.29) is 11.5 Å². The van der Waals surface area contributed by atoms with Crippen molar-refractivity contribution in [3.05, 3.63) is 44.3 Å². The number of halogens is 1. The number of benzene rings is 1. The number of aromatic nitrogens is 2. The Morgan fingerprint density at radius 3 is 2.62 bits per heavy atom. The van der Waals surface area contributed by atoms with Crippen molar-refractivity contribution in [2.24, 2.45) is 0 Å². The van der Waals surface area contributed by atoms with Crippen LogP contribution in [0.1, 0.15) is 15.2 Å². The van der Waals surface area contributed by atoms with E-state index < -0.39 is 0 Å². The summed E-state index contributed by atoms with van der Waals surface area (Å²) in [5.74, 6) is 0.451. The Labute approximate surface area is 176 Å². The molecule has 1 aromatic carbocycles. The minimum absolute atomic E-state index is 0.204. The first-order valence-corrected chi connectivity index (χ1v) is 9.81. The van der Waals surface area contributed by atoms with Crippen LogP contribution in [0.4, 0.5) is 5.69 Å². The summed E-state index contributed by atoms with van der Waals surface area (Å²) in [5.41, 5.74) is 0.765. The molecule has 10 heteroatoms. The molecule has 29 heavy (non-hydrogen) atoms. The lowest BCUT2D eigenvalue weighted by atomic mass is 10.2. The van der Waals surface area contributed by atoms with Crippen LogP contribution < -0.4 is 20.3 Å². The minimum atomic E-state index is -0.382. The van der Waals surface area contributed by atoms with Gasteiger partial charge in [-0.25, -0.2) is 4.98 Å². The van der Waals surface area contributed by atoms with Crippen molar-refractivity contribution in [1.82, 2.24) is 9.55 Å². The quantitative estimate of drug-likeness (QED) is 0.609. The fourth-order valence-electron chi connectivity index (χ4n) is 2.86. The van der Waals surface area contributed by atoms with E-state index in [1.54, 1.807) is 26.2 Å². The van der Waals surface area contributed by atoms with E-state index in [1.807, 2.05) is 0 Å². The minimum Gasteiger partial charge on any atom is -0.495 e. The number of fused-ring (bicyclic) bond motifs is 1. The molecule has 154 valence electrons. The number of rotatable bonds is 7. The van der Waals surface area contributed by atoms with Crippen LogP contribution in [0.15, 0.2) is 23.3 Å². The Morgan fingerprint density at radius 2 is 1.97 bits per heavy atom. The van der Waals surface area contributed by atoms with E-state index >= 15 is 0 Å². The van der Waals surface area contributed by atoms with Crippen molar-refractivity contribution in [3.8, 4) is 11.5 Å². The molecule has 0 radical (unpaired) electrons. The molecule has 0 spiro atoms. The van der Waals surface area contributed by atoms with Gasteiger partial charge in [0.25, 0.3) is 11.5 Å². The number of carbonyl (C=O) groups excluding carboxylic acids is 1. The largest absolute Gasteiger partial charge is 0.495 e. The predicted molar refractivity (Wildman–Crippen MR) is 113 cm³/mol. The second kappa shape index (κ2) is 8.81. The van der Waals surface area contributed by atoms with Gasteiger partial charge >= 0.3 is 0 Å². The maximum Gasteiger partial charge on any atom is 0.266 e. The third-order valence-corrected chi connectivity index (χ3v) is 5.88. The Hall–Kier alpha value is -2.62. The lowest BCUT2D eigenvalue weighted by Crippen LogP contribution is -2.22. The molecule has 1 N–H and O–H groups in total. The fraction of sp³-hybridized carbons (Fsp3) is 0.316. The molecule has 2 heterocycles. The van der Waals surface area contributed by atoms with Crippen LogP contribution in [0.2, 0.25) is 5.02 Å². The highest BCUT2D eigenvalue weighted by Gasteiger charge is 2.21. The average Bonchev–Trinajstić information content (AvgIpc) is 3.05. The third-order valence-electron chi connectivity index (χ3n) is 4.38. The first-order chi connectivity index (χ1) is 13.9. The maximum absolute atomic E-state index is 12.9. The van der Waals surface area contributed by atoms with Crippen LogP contribution >= 0.6 is 22.9 Å². The second-order valence-corrected chi connectivity index (χ2v) is 7.52. The number of thiophene rings is 1. The number of methoxy groups -OCH3 is 3. The molecule has 0 aliphatic rings. The summed E-state index contributed by atoms with van der Waals surface area (Å²) >= 11 is 7.33. The summed E-state index contributed by atoms with van der Waals surface area (Å²) < 4.78 is 17.0. The summed E-state index contributed by atoms with van der Waals surface area (Å²) in [6, 6.07) is 3.14. The lowest BCUT2D eigenvalue weighted by molar-refractivity contribution is 0.102. The molecular formula is C19H20ClN3O5S. The summed E-state index contributed by atoms with van der Waals surface area (Å²) in [5, 5.41) is 3.55. The van der Waals surface area contributed by atoms with E-state index in [2.05, 4.69) is 10.3 Å². The number of carbonyl (C=O) groups is 1. The number of ether oxygens (including phenoxy) is 3. The van der Waals surface area contributed by atoms with E-state index in [0.29, 0.717) is 56.0 Å². The lowest BCUT2D eigenvalue weighted by Gasteiger charge is -2.13. The summed E-state index contributed by atoms with van der Waals surface area (Å²) in [7, 11) is 4.54. The molecule has 0 aliphatic heterocycles. The molecule has 0 aliphatic carbocycles. The van der Waals surface area contributed by atoms with Gasteiger partial charge in [-0.2, -0.15) is 0 Å². The summed E-state index contributed by atoms with van der Waals surface area (Å²) in [6.45, 7) is 2.51.